The third-order valence-corrected chi connectivity index (χ3v) is 2.28. The van der Waals surface area contributed by atoms with Crippen LogP contribution in [-0.2, 0) is 7.05 Å². The van der Waals surface area contributed by atoms with E-state index in [9.17, 15) is 0 Å². The molecule has 1 saturated carbocycles. The summed E-state index contributed by atoms with van der Waals surface area (Å²) in [6.45, 7) is 0. The Morgan fingerprint density at radius 2 is 2.38 bits per heavy atom. The lowest BCUT2D eigenvalue weighted by atomic mass is 10.3. The summed E-state index contributed by atoms with van der Waals surface area (Å²) >= 11 is 0. The van der Waals surface area contributed by atoms with E-state index in [0.717, 1.165) is 19.3 Å². The molecule has 6 nitrogen and oxygen atoms in total. The monoisotopic (exact) mass is 183 g/mol. The zero-order chi connectivity index (χ0) is 9.26. The molecule has 2 atom stereocenters. The second-order valence-corrected chi connectivity index (χ2v) is 3.40. The van der Waals surface area contributed by atoms with Crippen LogP contribution in [0.1, 0.15) is 19.3 Å². The van der Waals surface area contributed by atoms with Gasteiger partial charge in [-0.15, -0.1) is 0 Å². The van der Waals surface area contributed by atoms with Gasteiger partial charge in [-0.25, -0.2) is 0 Å². The van der Waals surface area contributed by atoms with Crippen LogP contribution in [-0.4, -0.2) is 32.4 Å². The molecule has 2 rings (SSSR count). The zero-order valence-electron chi connectivity index (χ0n) is 7.55. The number of aryl methyl sites for hydroxylation is 1. The van der Waals surface area contributed by atoms with E-state index in [0.29, 0.717) is 6.01 Å². The molecule has 72 valence electrons. The smallest absolute Gasteiger partial charge is 0.335 e. The summed E-state index contributed by atoms with van der Waals surface area (Å²) < 4.78 is 7.08. The number of hydrogen-bond donors (Lipinski definition) is 1. The Hall–Kier alpha value is -1.17. The molecule has 2 N–H and O–H groups in total. The highest BCUT2D eigenvalue weighted by molar-refractivity contribution is 4.90. The van der Waals surface area contributed by atoms with Crippen LogP contribution < -0.4 is 10.5 Å². The lowest BCUT2D eigenvalue weighted by Gasteiger charge is -2.10. The first kappa shape index (κ1) is 8.43. The van der Waals surface area contributed by atoms with E-state index in [1.165, 1.54) is 4.68 Å². The molecule has 1 fully saturated rings. The van der Waals surface area contributed by atoms with Crippen LogP contribution in [0.3, 0.4) is 0 Å². The standard InChI is InChI=1S/C7H13N5O/c1-12-7(9-10-11-12)13-6-3-2-5(8)4-6/h5-6H,2-4,8H2,1H3. The predicted octanol–water partition coefficient (Wildman–Crippen LogP) is -0.531. The molecule has 0 radical (unpaired) electrons. The lowest BCUT2D eigenvalue weighted by Crippen LogP contribution is -2.20. The SMILES string of the molecule is Cn1nnnc1OC1CCC(N)C1. The van der Waals surface area contributed by atoms with Gasteiger partial charge in [0.2, 0.25) is 0 Å². The minimum Gasteiger partial charge on any atom is -0.459 e. The molecule has 2 unspecified atom stereocenters. The van der Waals surface area contributed by atoms with Crippen LogP contribution in [0, 0.1) is 0 Å². The van der Waals surface area contributed by atoms with Crippen molar-refractivity contribution in [2.45, 2.75) is 31.4 Å². The highest BCUT2D eigenvalue weighted by atomic mass is 16.5. The number of hydrogen-bond acceptors (Lipinski definition) is 5. The van der Waals surface area contributed by atoms with Gasteiger partial charge in [-0.05, 0) is 29.7 Å². The molecule has 0 aliphatic heterocycles. The number of rotatable bonds is 2. The number of ether oxygens (including phenoxy) is 1. The van der Waals surface area contributed by atoms with Crippen LogP contribution in [0.15, 0.2) is 0 Å². The van der Waals surface area contributed by atoms with Crippen LogP contribution in [0.4, 0.5) is 0 Å². The summed E-state index contributed by atoms with van der Waals surface area (Å²) in [5.41, 5.74) is 5.75. The quantitative estimate of drug-likeness (QED) is 0.666. The van der Waals surface area contributed by atoms with Gasteiger partial charge in [0.1, 0.15) is 6.10 Å². The van der Waals surface area contributed by atoms with Gasteiger partial charge >= 0.3 is 6.01 Å². The third-order valence-electron chi connectivity index (χ3n) is 2.28. The maximum Gasteiger partial charge on any atom is 0.335 e. The maximum atomic E-state index is 5.75. The lowest BCUT2D eigenvalue weighted by molar-refractivity contribution is 0.182. The Morgan fingerprint density at radius 1 is 1.54 bits per heavy atom. The van der Waals surface area contributed by atoms with Crippen molar-refractivity contribution >= 4 is 0 Å². The van der Waals surface area contributed by atoms with E-state index in [1.54, 1.807) is 7.05 Å². The molecule has 0 spiro atoms. The molecule has 0 saturated heterocycles. The van der Waals surface area contributed by atoms with E-state index in [-0.39, 0.29) is 12.1 Å². The predicted molar refractivity (Wildman–Crippen MR) is 45.0 cm³/mol. The van der Waals surface area contributed by atoms with Gasteiger partial charge in [0.05, 0.1) is 0 Å². The number of nitrogens with zero attached hydrogens (tertiary/aromatic N) is 4. The van der Waals surface area contributed by atoms with E-state index in [2.05, 4.69) is 15.5 Å². The number of tetrazole rings is 1. The molecule has 1 aromatic heterocycles. The number of aromatic nitrogens is 4. The minimum atomic E-state index is 0.180. The topological polar surface area (TPSA) is 78.8 Å². The first-order chi connectivity index (χ1) is 6.25. The minimum absolute atomic E-state index is 0.180. The molecule has 1 aliphatic carbocycles. The van der Waals surface area contributed by atoms with Crippen LogP contribution in [0.25, 0.3) is 0 Å². The molecule has 0 amide bonds. The Bertz CT molecular complexity index is 286. The summed E-state index contributed by atoms with van der Waals surface area (Å²) in [5.74, 6) is 0. The first-order valence-corrected chi connectivity index (χ1v) is 4.40. The van der Waals surface area contributed by atoms with Crippen LogP contribution >= 0.6 is 0 Å². The van der Waals surface area contributed by atoms with E-state index in [4.69, 9.17) is 10.5 Å². The van der Waals surface area contributed by atoms with Gasteiger partial charge in [0, 0.05) is 13.1 Å². The fourth-order valence-corrected chi connectivity index (χ4v) is 1.55. The molecule has 6 heteroatoms. The van der Waals surface area contributed by atoms with Crippen molar-refractivity contribution in [3.8, 4) is 6.01 Å². The molecule has 1 heterocycles. The average Bonchev–Trinajstić information content (AvgIpc) is 2.64. The fourth-order valence-electron chi connectivity index (χ4n) is 1.55. The molecular weight excluding hydrogens is 170 g/mol. The Kier molecular flexibility index (Phi) is 2.13. The summed E-state index contributed by atoms with van der Waals surface area (Å²) in [6.07, 6.45) is 3.09. The van der Waals surface area contributed by atoms with Crippen molar-refractivity contribution in [1.82, 2.24) is 20.2 Å². The highest BCUT2D eigenvalue weighted by Crippen LogP contribution is 2.21. The normalized spacial score (nSPS) is 27.8. The second kappa shape index (κ2) is 3.29. The van der Waals surface area contributed by atoms with Gasteiger partial charge in [-0.3, -0.25) is 0 Å². The number of nitrogens with two attached hydrogens (primary N) is 1. The van der Waals surface area contributed by atoms with Gasteiger partial charge in [-0.2, -0.15) is 4.68 Å². The Labute approximate surface area is 76.1 Å². The Balaban J connectivity index is 1.95. The maximum absolute atomic E-state index is 5.75. The van der Waals surface area contributed by atoms with E-state index in [1.807, 2.05) is 0 Å². The van der Waals surface area contributed by atoms with Gasteiger partial charge < -0.3 is 10.5 Å². The molecule has 1 aliphatic rings. The summed E-state index contributed by atoms with van der Waals surface area (Å²) in [7, 11) is 1.75. The van der Waals surface area contributed by atoms with Crippen molar-refractivity contribution in [3.63, 3.8) is 0 Å². The third kappa shape index (κ3) is 1.77. The average molecular weight is 183 g/mol. The molecule has 0 bridgehead atoms. The van der Waals surface area contributed by atoms with E-state index < -0.39 is 0 Å². The first-order valence-electron chi connectivity index (χ1n) is 4.40. The van der Waals surface area contributed by atoms with Gasteiger partial charge in [0.15, 0.2) is 0 Å². The van der Waals surface area contributed by atoms with Gasteiger partial charge in [-0.1, -0.05) is 5.10 Å². The fraction of sp³-hybridized carbons (Fsp3) is 0.857. The van der Waals surface area contributed by atoms with Crippen molar-refractivity contribution in [2.24, 2.45) is 12.8 Å². The summed E-state index contributed by atoms with van der Waals surface area (Å²) in [4.78, 5) is 0. The zero-order valence-corrected chi connectivity index (χ0v) is 7.55. The second-order valence-electron chi connectivity index (χ2n) is 3.40. The molecular formula is C7H13N5O. The van der Waals surface area contributed by atoms with Gasteiger partial charge in [0.25, 0.3) is 0 Å². The van der Waals surface area contributed by atoms with Crippen LogP contribution in [0.2, 0.25) is 0 Å². The van der Waals surface area contributed by atoms with Crippen LogP contribution in [0.5, 0.6) is 6.01 Å². The van der Waals surface area contributed by atoms with Crippen molar-refractivity contribution < 1.29 is 4.74 Å². The summed E-state index contributed by atoms with van der Waals surface area (Å²) in [6, 6.07) is 0.741. The van der Waals surface area contributed by atoms with Crippen molar-refractivity contribution in [1.29, 1.82) is 0 Å². The van der Waals surface area contributed by atoms with Crippen molar-refractivity contribution in [2.75, 3.05) is 0 Å². The Morgan fingerprint density at radius 3 is 2.92 bits per heavy atom. The van der Waals surface area contributed by atoms with E-state index >= 15 is 0 Å². The molecule has 0 aromatic carbocycles. The molecule has 13 heavy (non-hydrogen) atoms. The summed E-state index contributed by atoms with van der Waals surface area (Å²) in [5, 5.41) is 10.9. The molecule has 1 aromatic rings. The highest BCUT2D eigenvalue weighted by Gasteiger charge is 2.24. The largest absolute Gasteiger partial charge is 0.459 e. The van der Waals surface area contributed by atoms with Crippen molar-refractivity contribution in [3.05, 3.63) is 0 Å².